The van der Waals surface area contributed by atoms with Crippen molar-refractivity contribution in [1.29, 1.82) is 5.26 Å². The molecule has 22 heavy (non-hydrogen) atoms. The third kappa shape index (κ3) is 4.39. The van der Waals surface area contributed by atoms with Crippen LogP contribution in [0.3, 0.4) is 0 Å². The van der Waals surface area contributed by atoms with Crippen molar-refractivity contribution in [3.05, 3.63) is 72.1 Å². The summed E-state index contributed by atoms with van der Waals surface area (Å²) in [5.41, 5.74) is 2.38. The number of aromatic nitrogens is 2. The van der Waals surface area contributed by atoms with E-state index in [1.165, 1.54) is 6.08 Å². The Kier molecular flexibility index (Phi) is 5.16. The van der Waals surface area contributed by atoms with Gasteiger partial charge < -0.3 is 5.11 Å². The quantitative estimate of drug-likeness (QED) is 0.676. The van der Waals surface area contributed by atoms with E-state index in [2.05, 4.69) is 16.0 Å². The van der Waals surface area contributed by atoms with Gasteiger partial charge in [-0.05, 0) is 36.2 Å². The molecule has 0 radical (unpaired) electrons. The molecule has 0 saturated carbocycles. The summed E-state index contributed by atoms with van der Waals surface area (Å²) in [6, 6.07) is 9.14. The molecule has 0 amide bonds. The van der Waals surface area contributed by atoms with Gasteiger partial charge in [-0.25, -0.2) is 14.8 Å². The first-order valence-electron chi connectivity index (χ1n) is 6.56. The van der Waals surface area contributed by atoms with E-state index in [1.54, 1.807) is 30.6 Å². The minimum Gasteiger partial charge on any atom is -0.478 e. The lowest BCUT2D eigenvalue weighted by Gasteiger charge is -2.01. The number of allylic oxidation sites excluding steroid dienone is 3. The average molecular weight is 291 g/mol. The van der Waals surface area contributed by atoms with Crippen LogP contribution in [0.25, 0.3) is 11.4 Å². The van der Waals surface area contributed by atoms with Crippen molar-refractivity contribution in [2.24, 2.45) is 0 Å². The minimum atomic E-state index is -0.972. The third-order valence-electron chi connectivity index (χ3n) is 2.82. The number of carboxylic acid groups (broad SMARTS) is 1. The van der Waals surface area contributed by atoms with E-state index in [4.69, 9.17) is 10.4 Å². The lowest BCUT2D eigenvalue weighted by Crippen LogP contribution is -1.91. The van der Waals surface area contributed by atoms with Gasteiger partial charge in [-0.2, -0.15) is 5.26 Å². The molecule has 0 fully saturated rings. The number of hydrogen-bond acceptors (Lipinski definition) is 4. The second-order valence-corrected chi connectivity index (χ2v) is 4.43. The van der Waals surface area contributed by atoms with E-state index >= 15 is 0 Å². The maximum atomic E-state index is 10.3. The van der Waals surface area contributed by atoms with Gasteiger partial charge >= 0.3 is 5.97 Å². The van der Waals surface area contributed by atoms with Crippen LogP contribution in [0.15, 0.2) is 61.0 Å². The molecular weight excluding hydrogens is 278 g/mol. The third-order valence-corrected chi connectivity index (χ3v) is 2.82. The number of nitriles is 1. The largest absolute Gasteiger partial charge is 0.478 e. The highest BCUT2D eigenvalue weighted by atomic mass is 16.4. The Morgan fingerprint density at radius 1 is 1.18 bits per heavy atom. The van der Waals surface area contributed by atoms with Crippen molar-refractivity contribution >= 4 is 5.97 Å². The van der Waals surface area contributed by atoms with Crippen LogP contribution >= 0.6 is 0 Å². The minimum absolute atomic E-state index is 0.597. The SMILES string of the molecule is N#Cc1ccc(-c2ncc(C/C=C/C=C/C(=O)O)cn2)cc1. The molecule has 2 aromatic rings. The van der Waals surface area contributed by atoms with Gasteiger partial charge in [0.25, 0.3) is 0 Å². The van der Waals surface area contributed by atoms with E-state index in [0.29, 0.717) is 17.8 Å². The molecule has 0 unspecified atom stereocenters. The zero-order chi connectivity index (χ0) is 15.8. The Morgan fingerprint density at radius 3 is 2.45 bits per heavy atom. The van der Waals surface area contributed by atoms with Crippen molar-refractivity contribution in [2.45, 2.75) is 6.42 Å². The molecule has 0 bridgehead atoms. The summed E-state index contributed by atoms with van der Waals surface area (Å²) in [6.07, 6.45) is 10.1. The average Bonchev–Trinajstić information content (AvgIpc) is 2.55. The molecule has 5 heteroatoms. The van der Waals surface area contributed by atoms with Crippen LogP contribution in [0.1, 0.15) is 11.1 Å². The highest BCUT2D eigenvalue weighted by molar-refractivity contribution is 5.80. The number of aliphatic carboxylic acids is 1. The predicted molar refractivity (Wildman–Crippen MR) is 81.8 cm³/mol. The standard InChI is InChI=1S/C17H13N3O2/c18-10-13-6-8-15(9-7-13)17-19-11-14(12-20-17)4-2-1-3-5-16(21)22/h1-3,5-9,11-12H,4H2,(H,21,22)/b2-1+,5-3+. The first-order chi connectivity index (χ1) is 10.7. The normalized spacial score (nSPS) is 10.9. The molecule has 108 valence electrons. The number of benzene rings is 1. The van der Waals surface area contributed by atoms with Crippen molar-refractivity contribution in [3.8, 4) is 17.5 Å². The summed E-state index contributed by atoms with van der Waals surface area (Å²) in [7, 11) is 0. The van der Waals surface area contributed by atoms with E-state index in [0.717, 1.165) is 17.2 Å². The van der Waals surface area contributed by atoms with E-state index in [-0.39, 0.29) is 0 Å². The van der Waals surface area contributed by atoms with E-state index < -0.39 is 5.97 Å². The maximum Gasteiger partial charge on any atom is 0.328 e. The van der Waals surface area contributed by atoms with Gasteiger partial charge in [0.2, 0.25) is 0 Å². The molecular formula is C17H13N3O2. The Bertz CT molecular complexity index is 739. The smallest absolute Gasteiger partial charge is 0.328 e. The fourth-order valence-electron chi connectivity index (χ4n) is 1.72. The molecule has 0 aliphatic heterocycles. The summed E-state index contributed by atoms with van der Waals surface area (Å²) < 4.78 is 0. The zero-order valence-electron chi connectivity index (χ0n) is 11.7. The van der Waals surface area contributed by atoms with E-state index in [9.17, 15) is 4.79 Å². The maximum absolute atomic E-state index is 10.3. The Labute approximate surface area is 127 Å². The molecule has 0 spiro atoms. The zero-order valence-corrected chi connectivity index (χ0v) is 11.7. The van der Waals surface area contributed by atoms with Gasteiger partial charge in [0.05, 0.1) is 11.6 Å². The van der Waals surface area contributed by atoms with Gasteiger partial charge in [-0.1, -0.05) is 18.2 Å². The first kappa shape index (κ1) is 15.1. The molecule has 1 N–H and O–H groups in total. The summed E-state index contributed by atoms with van der Waals surface area (Å²) in [4.78, 5) is 18.9. The Balaban J connectivity index is 2.00. The first-order valence-corrected chi connectivity index (χ1v) is 6.56. The molecule has 0 atom stereocenters. The van der Waals surface area contributed by atoms with Gasteiger partial charge in [0.15, 0.2) is 5.82 Å². The Morgan fingerprint density at radius 2 is 1.86 bits per heavy atom. The lowest BCUT2D eigenvalue weighted by molar-refractivity contribution is -0.131. The number of carbonyl (C=O) groups is 1. The van der Waals surface area contributed by atoms with E-state index in [1.807, 2.05) is 18.2 Å². The lowest BCUT2D eigenvalue weighted by atomic mass is 10.1. The monoisotopic (exact) mass is 291 g/mol. The van der Waals surface area contributed by atoms with Gasteiger partial charge in [-0.3, -0.25) is 0 Å². The van der Waals surface area contributed by atoms with Gasteiger partial charge in [0.1, 0.15) is 0 Å². The van der Waals surface area contributed by atoms with Crippen LogP contribution in [-0.4, -0.2) is 21.0 Å². The second-order valence-electron chi connectivity index (χ2n) is 4.43. The van der Waals surface area contributed by atoms with Crippen LogP contribution in [0.5, 0.6) is 0 Å². The summed E-state index contributed by atoms with van der Waals surface area (Å²) >= 11 is 0. The van der Waals surface area contributed by atoms with Crippen molar-refractivity contribution in [3.63, 3.8) is 0 Å². The van der Waals surface area contributed by atoms with Crippen LogP contribution in [0, 0.1) is 11.3 Å². The summed E-state index contributed by atoms with van der Waals surface area (Å²) in [5, 5.41) is 17.2. The van der Waals surface area contributed by atoms with Gasteiger partial charge in [0, 0.05) is 24.0 Å². The fraction of sp³-hybridized carbons (Fsp3) is 0.0588. The van der Waals surface area contributed by atoms with Crippen molar-refractivity contribution in [2.75, 3.05) is 0 Å². The van der Waals surface area contributed by atoms with Crippen LogP contribution in [-0.2, 0) is 11.2 Å². The molecule has 0 aliphatic carbocycles. The molecule has 2 rings (SSSR count). The summed E-state index contributed by atoms with van der Waals surface area (Å²) in [5.74, 6) is -0.372. The van der Waals surface area contributed by atoms with Crippen LogP contribution in [0.4, 0.5) is 0 Å². The number of hydrogen-bond donors (Lipinski definition) is 1. The predicted octanol–water partition coefficient (Wildman–Crippen LogP) is 2.75. The highest BCUT2D eigenvalue weighted by Gasteiger charge is 2.01. The Hall–Kier alpha value is -3.26. The van der Waals surface area contributed by atoms with Crippen LogP contribution in [0.2, 0.25) is 0 Å². The van der Waals surface area contributed by atoms with Gasteiger partial charge in [-0.15, -0.1) is 0 Å². The van der Waals surface area contributed by atoms with Crippen molar-refractivity contribution < 1.29 is 9.90 Å². The topological polar surface area (TPSA) is 86.9 Å². The number of nitrogens with zero attached hydrogens (tertiary/aromatic N) is 3. The fourth-order valence-corrected chi connectivity index (χ4v) is 1.72. The second kappa shape index (κ2) is 7.50. The molecule has 1 aromatic carbocycles. The molecule has 1 heterocycles. The van der Waals surface area contributed by atoms with Crippen molar-refractivity contribution in [1.82, 2.24) is 9.97 Å². The van der Waals surface area contributed by atoms with Crippen LogP contribution < -0.4 is 0 Å². The molecule has 0 aliphatic rings. The summed E-state index contributed by atoms with van der Waals surface area (Å²) in [6.45, 7) is 0. The highest BCUT2D eigenvalue weighted by Crippen LogP contribution is 2.15. The number of rotatable bonds is 5. The number of carboxylic acids is 1. The molecule has 1 aromatic heterocycles. The molecule has 5 nitrogen and oxygen atoms in total. The molecule has 0 saturated heterocycles.